The monoisotopic (exact) mass is 194 g/mol. The normalized spacial score (nSPS) is 24.4. The van der Waals surface area contributed by atoms with Crippen LogP contribution in [0.2, 0.25) is 0 Å². The summed E-state index contributed by atoms with van der Waals surface area (Å²) in [6.07, 6.45) is 1.00. The highest BCUT2D eigenvalue weighted by molar-refractivity contribution is 5.36. The van der Waals surface area contributed by atoms with Gasteiger partial charge in [0.05, 0.1) is 6.10 Å². The Hall–Kier alpha value is -0.890. The van der Waals surface area contributed by atoms with Crippen LogP contribution in [0.3, 0.4) is 0 Å². The minimum absolute atomic E-state index is 0.0410. The van der Waals surface area contributed by atoms with Gasteiger partial charge in [-0.05, 0) is 41.5 Å². The molecule has 0 heterocycles. The van der Waals surface area contributed by atoms with Crippen molar-refractivity contribution in [2.45, 2.75) is 38.2 Å². The minimum Gasteiger partial charge on any atom is -0.393 e. The second-order valence-electron chi connectivity index (χ2n) is 4.75. The van der Waals surface area contributed by atoms with E-state index in [0.717, 1.165) is 12.0 Å². The highest BCUT2D eigenvalue weighted by Gasteiger charge is 2.31. The quantitative estimate of drug-likeness (QED) is 0.672. The first kappa shape index (κ1) is 9.66. The van der Waals surface area contributed by atoms with Gasteiger partial charge >= 0.3 is 0 Å². The molecule has 0 bridgehead atoms. The molecule has 0 unspecified atom stereocenters. The maximum atomic E-state index is 13.0. The Kier molecular flexibility index (Phi) is 2.11. The average Bonchev–Trinajstić information content (AvgIpc) is 2.00. The average molecular weight is 194 g/mol. The molecule has 0 saturated heterocycles. The summed E-state index contributed by atoms with van der Waals surface area (Å²) in [7, 11) is 0. The van der Waals surface area contributed by atoms with E-state index < -0.39 is 0 Å². The largest absolute Gasteiger partial charge is 0.393 e. The summed E-state index contributed by atoms with van der Waals surface area (Å²) in [5.41, 5.74) is 2.08. The van der Waals surface area contributed by atoms with Crippen LogP contribution in [-0.4, -0.2) is 11.2 Å². The van der Waals surface area contributed by atoms with Crippen LogP contribution in [0.1, 0.15) is 31.4 Å². The van der Waals surface area contributed by atoms with Crippen LogP contribution in [0.15, 0.2) is 18.2 Å². The molecular formula is C12H15FO. The standard InChI is InChI=1S/C12H15FO/c1-12(2)7-10(14)6-8-5-9(13)3-4-11(8)12/h3-5,10,14H,6-7H2,1-2H3/t10-/m0/s1. The van der Waals surface area contributed by atoms with Crippen LogP contribution in [0.4, 0.5) is 4.39 Å². The Morgan fingerprint density at radius 2 is 2.14 bits per heavy atom. The van der Waals surface area contributed by atoms with E-state index in [1.165, 1.54) is 11.6 Å². The molecule has 1 N–H and O–H groups in total. The third kappa shape index (κ3) is 1.55. The highest BCUT2D eigenvalue weighted by Crippen LogP contribution is 2.36. The van der Waals surface area contributed by atoms with Crippen LogP contribution >= 0.6 is 0 Å². The third-order valence-electron chi connectivity index (χ3n) is 3.00. The van der Waals surface area contributed by atoms with E-state index in [1.807, 2.05) is 6.07 Å². The number of hydrogen-bond acceptors (Lipinski definition) is 1. The maximum Gasteiger partial charge on any atom is 0.123 e. The third-order valence-corrected chi connectivity index (χ3v) is 3.00. The number of benzene rings is 1. The Morgan fingerprint density at radius 3 is 2.86 bits per heavy atom. The lowest BCUT2D eigenvalue weighted by Crippen LogP contribution is -2.32. The van der Waals surface area contributed by atoms with Crippen LogP contribution in [0.25, 0.3) is 0 Å². The zero-order chi connectivity index (χ0) is 10.3. The number of aliphatic hydroxyl groups excluding tert-OH is 1. The van der Waals surface area contributed by atoms with Crippen LogP contribution in [0, 0.1) is 5.82 Å². The van der Waals surface area contributed by atoms with Crippen molar-refractivity contribution < 1.29 is 9.50 Å². The van der Waals surface area contributed by atoms with Gasteiger partial charge in [0.25, 0.3) is 0 Å². The van der Waals surface area contributed by atoms with Crippen molar-refractivity contribution in [3.63, 3.8) is 0 Å². The van der Waals surface area contributed by atoms with E-state index in [4.69, 9.17) is 0 Å². The van der Waals surface area contributed by atoms with Crippen LogP contribution < -0.4 is 0 Å². The van der Waals surface area contributed by atoms with Gasteiger partial charge in [0.2, 0.25) is 0 Å². The van der Waals surface area contributed by atoms with Gasteiger partial charge in [-0.1, -0.05) is 19.9 Å². The molecule has 0 amide bonds. The summed E-state index contributed by atoms with van der Waals surface area (Å²) in [6, 6.07) is 4.88. The van der Waals surface area contributed by atoms with E-state index >= 15 is 0 Å². The molecule has 1 aromatic rings. The van der Waals surface area contributed by atoms with Gasteiger partial charge < -0.3 is 5.11 Å². The lowest BCUT2D eigenvalue weighted by atomic mass is 9.72. The molecular weight excluding hydrogens is 179 g/mol. The first-order valence-electron chi connectivity index (χ1n) is 4.96. The van der Waals surface area contributed by atoms with Crippen molar-refractivity contribution in [2.75, 3.05) is 0 Å². The number of halogens is 1. The molecule has 0 radical (unpaired) electrons. The Balaban J connectivity index is 2.52. The fourth-order valence-corrected chi connectivity index (χ4v) is 2.42. The zero-order valence-electron chi connectivity index (χ0n) is 8.55. The molecule has 0 fully saturated rings. The molecule has 0 spiro atoms. The Morgan fingerprint density at radius 1 is 1.43 bits per heavy atom. The van der Waals surface area contributed by atoms with Gasteiger partial charge in [-0.3, -0.25) is 0 Å². The molecule has 76 valence electrons. The lowest BCUT2D eigenvalue weighted by Gasteiger charge is -2.35. The summed E-state index contributed by atoms with van der Waals surface area (Å²) in [5, 5.41) is 9.66. The number of fused-ring (bicyclic) bond motifs is 1. The molecule has 1 aliphatic rings. The molecule has 14 heavy (non-hydrogen) atoms. The lowest BCUT2D eigenvalue weighted by molar-refractivity contribution is 0.127. The second-order valence-corrected chi connectivity index (χ2v) is 4.75. The van der Waals surface area contributed by atoms with Crippen LogP contribution in [-0.2, 0) is 11.8 Å². The first-order chi connectivity index (χ1) is 6.49. The van der Waals surface area contributed by atoms with Gasteiger partial charge in [-0.2, -0.15) is 0 Å². The summed E-state index contributed by atoms with van der Waals surface area (Å²) in [6.45, 7) is 4.18. The molecule has 1 aliphatic carbocycles. The molecule has 1 aromatic carbocycles. The Bertz CT molecular complexity index is 357. The fraction of sp³-hybridized carbons (Fsp3) is 0.500. The predicted molar refractivity (Wildman–Crippen MR) is 53.8 cm³/mol. The molecule has 0 aliphatic heterocycles. The number of hydrogen-bond donors (Lipinski definition) is 1. The van der Waals surface area contributed by atoms with Crippen molar-refractivity contribution in [3.8, 4) is 0 Å². The summed E-state index contributed by atoms with van der Waals surface area (Å²) >= 11 is 0. The Labute approximate surface area is 83.6 Å². The van der Waals surface area contributed by atoms with E-state index in [1.54, 1.807) is 6.07 Å². The van der Waals surface area contributed by atoms with Gasteiger partial charge in [-0.15, -0.1) is 0 Å². The molecule has 0 saturated carbocycles. The zero-order valence-corrected chi connectivity index (χ0v) is 8.55. The van der Waals surface area contributed by atoms with E-state index in [-0.39, 0.29) is 17.3 Å². The van der Waals surface area contributed by atoms with Gasteiger partial charge in [0.1, 0.15) is 5.82 Å². The van der Waals surface area contributed by atoms with E-state index in [9.17, 15) is 9.50 Å². The van der Waals surface area contributed by atoms with Gasteiger partial charge in [0, 0.05) is 0 Å². The van der Waals surface area contributed by atoms with Crippen molar-refractivity contribution in [3.05, 3.63) is 35.1 Å². The number of aliphatic hydroxyl groups is 1. The summed E-state index contributed by atoms with van der Waals surface area (Å²) in [4.78, 5) is 0. The molecule has 0 aromatic heterocycles. The number of rotatable bonds is 0. The summed E-state index contributed by atoms with van der Waals surface area (Å²) < 4.78 is 13.0. The van der Waals surface area contributed by atoms with Crippen LogP contribution in [0.5, 0.6) is 0 Å². The predicted octanol–water partition coefficient (Wildman–Crippen LogP) is 2.41. The van der Waals surface area contributed by atoms with Crippen molar-refractivity contribution in [1.29, 1.82) is 0 Å². The van der Waals surface area contributed by atoms with Crippen molar-refractivity contribution in [1.82, 2.24) is 0 Å². The van der Waals surface area contributed by atoms with Crippen molar-refractivity contribution >= 4 is 0 Å². The fourth-order valence-electron chi connectivity index (χ4n) is 2.42. The first-order valence-corrected chi connectivity index (χ1v) is 4.96. The minimum atomic E-state index is -0.334. The van der Waals surface area contributed by atoms with Gasteiger partial charge in [0.15, 0.2) is 0 Å². The topological polar surface area (TPSA) is 20.2 Å². The SMILES string of the molecule is CC1(C)C[C@@H](O)Cc2cc(F)ccc21. The molecule has 2 rings (SSSR count). The smallest absolute Gasteiger partial charge is 0.123 e. The van der Waals surface area contributed by atoms with Gasteiger partial charge in [-0.25, -0.2) is 4.39 Å². The highest BCUT2D eigenvalue weighted by atomic mass is 19.1. The molecule has 1 nitrogen and oxygen atoms in total. The molecule has 1 atom stereocenters. The maximum absolute atomic E-state index is 13.0. The van der Waals surface area contributed by atoms with Crippen molar-refractivity contribution in [2.24, 2.45) is 0 Å². The second kappa shape index (κ2) is 3.06. The summed E-state index contributed by atoms with van der Waals surface area (Å²) in [5.74, 6) is -0.214. The van der Waals surface area contributed by atoms with E-state index in [0.29, 0.717) is 6.42 Å². The molecule has 2 heteroatoms. The van der Waals surface area contributed by atoms with E-state index in [2.05, 4.69) is 13.8 Å².